The van der Waals surface area contributed by atoms with Crippen LogP contribution in [-0.4, -0.2) is 17.2 Å². The number of aromatic hydroxyl groups is 1. The highest BCUT2D eigenvalue weighted by Crippen LogP contribution is 2.38. The van der Waals surface area contributed by atoms with Gasteiger partial charge in [0.05, 0.1) is 15.2 Å². The van der Waals surface area contributed by atoms with Gasteiger partial charge >= 0.3 is 0 Å². The molecule has 0 fully saturated rings. The van der Waals surface area contributed by atoms with Gasteiger partial charge in [-0.15, -0.1) is 0 Å². The number of amides is 1. The number of hydrazone groups is 1. The van der Waals surface area contributed by atoms with Crippen molar-refractivity contribution in [1.82, 2.24) is 5.43 Å². The number of benzene rings is 2. The second-order valence-electron chi connectivity index (χ2n) is 4.13. The minimum Gasteiger partial charge on any atom is -0.506 e. The Bertz CT molecular complexity index is 766. The first-order chi connectivity index (χ1) is 10.4. The molecule has 2 aromatic carbocycles. The van der Waals surface area contributed by atoms with Gasteiger partial charge in [0, 0.05) is 15.6 Å². The van der Waals surface area contributed by atoms with E-state index in [0.29, 0.717) is 19.0 Å². The number of carbonyl (C=O) groups excluding carboxylic acids is 1. The molecule has 114 valence electrons. The first-order valence-corrected chi connectivity index (χ1v) is 8.23. The maximum atomic E-state index is 13.0. The number of nitrogens with one attached hydrogen (secondary N) is 1. The van der Waals surface area contributed by atoms with Gasteiger partial charge in [-0.05, 0) is 56.1 Å². The molecule has 4 nitrogen and oxygen atoms in total. The monoisotopic (exact) mass is 492 g/mol. The van der Waals surface area contributed by atoms with E-state index < -0.39 is 11.7 Å². The second kappa shape index (κ2) is 7.34. The summed E-state index contributed by atoms with van der Waals surface area (Å²) in [5.41, 5.74) is 2.99. The van der Waals surface area contributed by atoms with Crippen molar-refractivity contribution >= 4 is 59.9 Å². The zero-order chi connectivity index (χ0) is 16.3. The van der Waals surface area contributed by atoms with Gasteiger partial charge in [-0.25, -0.2) is 9.82 Å². The average Bonchev–Trinajstić information content (AvgIpc) is 2.48. The molecule has 0 saturated carbocycles. The molecule has 2 rings (SSSR count). The number of phenolic OH excluding ortho intramolecular Hbond substituents is 1. The third-order valence-corrected chi connectivity index (χ3v) is 4.69. The molecular weight excluding hydrogens is 487 g/mol. The molecule has 8 heteroatoms. The van der Waals surface area contributed by atoms with Crippen molar-refractivity contribution < 1.29 is 14.3 Å². The molecular formula is C14H8Br3FN2O2. The smallest absolute Gasteiger partial charge is 0.271 e. The predicted octanol–water partition coefficient (Wildman–Crippen LogP) is 4.58. The Morgan fingerprint density at radius 2 is 1.95 bits per heavy atom. The van der Waals surface area contributed by atoms with E-state index >= 15 is 0 Å². The second-order valence-corrected chi connectivity index (χ2v) is 6.63. The van der Waals surface area contributed by atoms with E-state index in [1.54, 1.807) is 6.07 Å². The van der Waals surface area contributed by atoms with Crippen molar-refractivity contribution in [2.45, 2.75) is 0 Å². The number of hydrogen-bond donors (Lipinski definition) is 2. The molecule has 22 heavy (non-hydrogen) atoms. The third kappa shape index (κ3) is 3.93. The molecule has 2 N–H and O–H groups in total. The van der Waals surface area contributed by atoms with E-state index in [-0.39, 0.29) is 11.3 Å². The minimum absolute atomic E-state index is 0.0149. The van der Waals surface area contributed by atoms with E-state index in [9.17, 15) is 14.3 Å². The van der Waals surface area contributed by atoms with Crippen molar-refractivity contribution in [1.29, 1.82) is 0 Å². The molecule has 0 spiro atoms. The molecule has 2 aromatic rings. The molecule has 0 aliphatic heterocycles. The van der Waals surface area contributed by atoms with Crippen LogP contribution < -0.4 is 5.43 Å². The summed E-state index contributed by atoms with van der Waals surface area (Å²) in [6.07, 6.45) is 1.36. The number of hydrogen-bond acceptors (Lipinski definition) is 3. The van der Waals surface area contributed by atoms with Crippen molar-refractivity contribution in [3.63, 3.8) is 0 Å². The fraction of sp³-hybridized carbons (Fsp3) is 0. The zero-order valence-corrected chi connectivity index (χ0v) is 15.5. The number of rotatable bonds is 3. The molecule has 0 saturated heterocycles. The maximum Gasteiger partial charge on any atom is 0.271 e. The summed E-state index contributed by atoms with van der Waals surface area (Å²) in [6, 6.07) is 6.93. The van der Waals surface area contributed by atoms with Crippen LogP contribution >= 0.6 is 47.8 Å². The highest BCUT2D eigenvalue weighted by molar-refractivity contribution is 9.11. The van der Waals surface area contributed by atoms with Crippen molar-refractivity contribution in [2.24, 2.45) is 5.10 Å². The average molecular weight is 495 g/mol. The molecule has 0 aliphatic carbocycles. The molecule has 0 aliphatic rings. The summed E-state index contributed by atoms with van der Waals surface area (Å²) < 4.78 is 14.6. The largest absolute Gasteiger partial charge is 0.506 e. The summed E-state index contributed by atoms with van der Waals surface area (Å²) in [7, 11) is 0. The van der Waals surface area contributed by atoms with E-state index in [1.807, 2.05) is 0 Å². The van der Waals surface area contributed by atoms with Gasteiger partial charge in [-0.3, -0.25) is 4.79 Å². The fourth-order valence-electron chi connectivity index (χ4n) is 1.56. The summed E-state index contributed by atoms with van der Waals surface area (Å²) in [4.78, 5) is 11.8. The maximum absolute atomic E-state index is 13.0. The topological polar surface area (TPSA) is 61.7 Å². The highest BCUT2D eigenvalue weighted by Gasteiger charge is 2.12. The summed E-state index contributed by atoms with van der Waals surface area (Å²) in [5, 5.41) is 13.6. The molecule has 1 amide bonds. The third-order valence-electron chi connectivity index (χ3n) is 2.63. The Morgan fingerprint density at radius 3 is 2.64 bits per heavy atom. The van der Waals surface area contributed by atoms with Gasteiger partial charge in [-0.2, -0.15) is 5.10 Å². The number of carbonyl (C=O) groups is 1. The first kappa shape index (κ1) is 17.1. The molecule has 0 heterocycles. The van der Waals surface area contributed by atoms with E-state index in [1.165, 1.54) is 24.4 Å². The van der Waals surface area contributed by atoms with Crippen LogP contribution in [0.4, 0.5) is 4.39 Å². The van der Waals surface area contributed by atoms with Gasteiger partial charge in [0.15, 0.2) is 0 Å². The van der Waals surface area contributed by atoms with Gasteiger partial charge < -0.3 is 5.11 Å². The normalized spacial score (nSPS) is 10.9. The molecule has 0 atom stereocenters. The van der Waals surface area contributed by atoms with Crippen molar-refractivity contribution in [3.05, 3.63) is 60.7 Å². The predicted molar refractivity (Wildman–Crippen MR) is 92.7 cm³/mol. The standard InChI is InChI=1S/C14H8Br3FN2O2/c15-10-5-11(16)13(21)12(17)9(10)6-19-20-14(22)7-2-1-3-8(18)4-7/h1-6,21H,(H,20,22)/b19-6+. The minimum atomic E-state index is -0.538. The van der Waals surface area contributed by atoms with Crippen LogP contribution in [0.3, 0.4) is 0 Å². The van der Waals surface area contributed by atoms with Gasteiger partial charge in [0.2, 0.25) is 0 Å². The first-order valence-electron chi connectivity index (χ1n) is 5.85. The van der Waals surface area contributed by atoms with E-state index in [4.69, 9.17) is 0 Å². The number of phenols is 1. The van der Waals surface area contributed by atoms with E-state index in [0.717, 1.165) is 6.07 Å². The summed E-state index contributed by atoms with van der Waals surface area (Å²) >= 11 is 9.77. The highest BCUT2D eigenvalue weighted by atomic mass is 79.9. The van der Waals surface area contributed by atoms with Gasteiger partial charge in [0.25, 0.3) is 5.91 Å². The van der Waals surface area contributed by atoms with Crippen LogP contribution in [0.25, 0.3) is 0 Å². The quantitative estimate of drug-likeness (QED) is 0.484. The lowest BCUT2D eigenvalue weighted by molar-refractivity contribution is 0.0954. The lowest BCUT2D eigenvalue weighted by Crippen LogP contribution is -2.17. The van der Waals surface area contributed by atoms with Crippen LogP contribution in [0.1, 0.15) is 15.9 Å². The van der Waals surface area contributed by atoms with Crippen LogP contribution in [0.15, 0.2) is 48.9 Å². The van der Waals surface area contributed by atoms with Crippen molar-refractivity contribution in [2.75, 3.05) is 0 Å². The number of nitrogens with zero attached hydrogens (tertiary/aromatic N) is 1. The number of halogens is 4. The van der Waals surface area contributed by atoms with Crippen LogP contribution in [0.5, 0.6) is 5.75 Å². The Labute approximate surface area is 150 Å². The fourth-order valence-corrected chi connectivity index (χ4v) is 3.89. The molecule has 0 aromatic heterocycles. The van der Waals surface area contributed by atoms with Gasteiger partial charge in [0.1, 0.15) is 11.6 Å². The Morgan fingerprint density at radius 1 is 1.23 bits per heavy atom. The van der Waals surface area contributed by atoms with Crippen LogP contribution in [0.2, 0.25) is 0 Å². The zero-order valence-electron chi connectivity index (χ0n) is 10.8. The molecule has 0 unspecified atom stereocenters. The Kier molecular flexibility index (Phi) is 5.71. The van der Waals surface area contributed by atoms with E-state index in [2.05, 4.69) is 58.3 Å². The van der Waals surface area contributed by atoms with Crippen LogP contribution in [0, 0.1) is 5.82 Å². The van der Waals surface area contributed by atoms with Crippen molar-refractivity contribution in [3.8, 4) is 5.75 Å². The van der Waals surface area contributed by atoms with Gasteiger partial charge in [-0.1, -0.05) is 22.0 Å². The molecule has 0 bridgehead atoms. The SMILES string of the molecule is O=C(N/N=C/c1c(Br)cc(Br)c(O)c1Br)c1cccc(F)c1. The molecule has 0 radical (unpaired) electrons. The lowest BCUT2D eigenvalue weighted by atomic mass is 10.2. The Balaban J connectivity index is 2.17. The lowest BCUT2D eigenvalue weighted by Gasteiger charge is -2.06. The Hall–Kier alpha value is -1.25. The summed E-state index contributed by atoms with van der Waals surface area (Å²) in [6.45, 7) is 0. The summed E-state index contributed by atoms with van der Waals surface area (Å²) in [5.74, 6) is -1.02. The van der Waals surface area contributed by atoms with Crippen LogP contribution in [-0.2, 0) is 0 Å².